The molecule has 1 aromatic carbocycles. The van der Waals surface area contributed by atoms with Crippen LogP contribution >= 0.6 is 11.3 Å². The Morgan fingerprint density at radius 3 is 2.67 bits per heavy atom. The van der Waals surface area contributed by atoms with E-state index in [0.717, 1.165) is 12.0 Å². The largest absolute Gasteiger partial charge is 0.478 e. The Labute approximate surface area is 109 Å². The molecule has 0 amide bonds. The molecule has 0 spiro atoms. The summed E-state index contributed by atoms with van der Waals surface area (Å²) in [4.78, 5) is 11.2. The van der Waals surface area contributed by atoms with E-state index in [0.29, 0.717) is 22.4 Å². The van der Waals surface area contributed by atoms with Gasteiger partial charge in [0.15, 0.2) is 0 Å². The van der Waals surface area contributed by atoms with Gasteiger partial charge in [-0.2, -0.15) is 0 Å². The molecule has 18 heavy (non-hydrogen) atoms. The van der Waals surface area contributed by atoms with Crippen molar-refractivity contribution in [1.29, 1.82) is 0 Å². The van der Waals surface area contributed by atoms with Crippen LogP contribution in [0.1, 0.15) is 39.7 Å². The Hall–Kier alpha value is -1.81. The van der Waals surface area contributed by atoms with E-state index in [9.17, 15) is 9.90 Å². The van der Waals surface area contributed by atoms with Gasteiger partial charge in [-0.05, 0) is 34.8 Å². The van der Waals surface area contributed by atoms with Gasteiger partial charge in [0.25, 0.3) is 0 Å². The molecule has 2 atom stereocenters. The van der Waals surface area contributed by atoms with Crippen LogP contribution in [-0.4, -0.2) is 11.1 Å². The second kappa shape index (κ2) is 4.14. The van der Waals surface area contributed by atoms with Crippen LogP contribution < -0.4 is 5.73 Å². The average Bonchev–Trinajstić information content (AvgIpc) is 3.07. The molecule has 1 aliphatic carbocycles. The molecule has 0 bridgehead atoms. The molecule has 1 heterocycles. The monoisotopic (exact) mass is 259 g/mol. The highest BCUT2D eigenvalue weighted by Gasteiger charge is 2.42. The fourth-order valence-corrected chi connectivity index (χ4v) is 3.37. The Morgan fingerprint density at radius 1 is 1.28 bits per heavy atom. The fraction of sp³-hybridized carbons (Fsp3) is 0.214. The van der Waals surface area contributed by atoms with Gasteiger partial charge in [0.2, 0.25) is 0 Å². The molecule has 1 aliphatic rings. The van der Waals surface area contributed by atoms with Crippen molar-refractivity contribution in [3.8, 4) is 0 Å². The van der Waals surface area contributed by atoms with Crippen molar-refractivity contribution in [2.45, 2.75) is 18.3 Å². The first-order valence-corrected chi connectivity index (χ1v) is 6.71. The lowest BCUT2D eigenvalue weighted by molar-refractivity contribution is 0.0697. The molecule has 0 aliphatic heterocycles. The molecule has 3 nitrogen and oxygen atoms in total. The van der Waals surface area contributed by atoms with Crippen LogP contribution in [0, 0.1) is 0 Å². The van der Waals surface area contributed by atoms with E-state index in [4.69, 9.17) is 5.73 Å². The van der Waals surface area contributed by atoms with Crippen molar-refractivity contribution in [1.82, 2.24) is 0 Å². The topological polar surface area (TPSA) is 63.3 Å². The Balaban J connectivity index is 1.89. The molecule has 1 aromatic heterocycles. The van der Waals surface area contributed by atoms with Crippen molar-refractivity contribution >= 4 is 22.3 Å². The number of hydrogen-bond donors (Lipinski definition) is 2. The second-order valence-electron chi connectivity index (χ2n) is 4.59. The first-order valence-electron chi connectivity index (χ1n) is 5.83. The van der Waals surface area contributed by atoms with E-state index in [-0.39, 0.29) is 0 Å². The summed E-state index contributed by atoms with van der Waals surface area (Å²) in [5.74, 6) is -0.159. The Morgan fingerprint density at radius 2 is 2.00 bits per heavy atom. The summed E-state index contributed by atoms with van der Waals surface area (Å²) in [5.41, 5.74) is 8.22. The maximum absolute atomic E-state index is 11.2. The van der Waals surface area contributed by atoms with Gasteiger partial charge in [-0.1, -0.05) is 30.3 Å². The summed E-state index contributed by atoms with van der Waals surface area (Å²) in [6, 6.07) is 10.2. The fourth-order valence-electron chi connectivity index (χ4n) is 2.50. The number of hydrogen-bond acceptors (Lipinski definition) is 3. The van der Waals surface area contributed by atoms with Gasteiger partial charge < -0.3 is 10.8 Å². The highest BCUT2D eigenvalue weighted by atomic mass is 32.1. The van der Waals surface area contributed by atoms with Crippen LogP contribution in [0.3, 0.4) is 0 Å². The van der Waals surface area contributed by atoms with Crippen molar-refractivity contribution in [3.63, 3.8) is 0 Å². The van der Waals surface area contributed by atoms with Crippen LogP contribution in [0.25, 0.3) is 0 Å². The number of aromatic carboxylic acids is 1. The lowest BCUT2D eigenvalue weighted by Crippen LogP contribution is -2.02. The van der Waals surface area contributed by atoms with Gasteiger partial charge in [0, 0.05) is 0 Å². The molecule has 1 saturated carbocycles. The van der Waals surface area contributed by atoms with Gasteiger partial charge in [0.1, 0.15) is 5.00 Å². The third-order valence-corrected chi connectivity index (χ3v) is 4.31. The summed E-state index contributed by atoms with van der Waals surface area (Å²) in [7, 11) is 0. The molecular formula is C14H13NO2S. The van der Waals surface area contributed by atoms with E-state index in [1.54, 1.807) is 0 Å². The maximum atomic E-state index is 11.2. The maximum Gasteiger partial charge on any atom is 0.338 e. The zero-order valence-electron chi connectivity index (χ0n) is 9.67. The average molecular weight is 259 g/mol. The number of carbonyl (C=O) groups is 1. The van der Waals surface area contributed by atoms with Gasteiger partial charge in [-0.3, -0.25) is 0 Å². The number of nitrogen functional groups attached to an aromatic ring is 1. The van der Waals surface area contributed by atoms with Crippen LogP contribution in [0.2, 0.25) is 0 Å². The summed E-state index contributed by atoms with van der Waals surface area (Å²) in [6.45, 7) is 0. The van der Waals surface area contributed by atoms with Crippen molar-refractivity contribution in [2.75, 3.05) is 5.73 Å². The predicted octanol–water partition coefficient (Wildman–Crippen LogP) is 3.30. The molecule has 2 unspecified atom stereocenters. The SMILES string of the molecule is Nc1scc(C2CC2c2ccccc2)c1C(=O)O. The number of benzene rings is 1. The number of carboxylic acid groups (broad SMARTS) is 1. The molecule has 4 heteroatoms. The predicted molar refractivity (Wildman–Crippen MR) is 72.2 cm³/mol. The number of thiophene rings is 1. The lowest BCUT2D eigenvalue weighted by atomic mass is 10.0. The lowest BCUT2D eigenvalue weighted by Gasteiger charge is -2.01. The highest BCUT2D eigenvalue weighted by Crippen LogP contribution is 2.56. The minimum atomic E-state index is -0.914. The quantitative estimate of drug-likeness (QED) is 0.889. The van der Waals surface area contributed by atoms with Crippen LogP contribution in [0.4, 0.5) is 5.00 Å². The summed E-state index contributed by atoms with van der Waals surface area (Å²) in [6.07, 6.45) is 1.01. The van der Waals surface area contributed by atoms with Crippen LogP contribution in [-0.2, 0) is 0 Å². The van der Waals surface area contributed by atoms with Gasteiger partial charge in [-0.15, -0.1) is 11.3 Å². The van der Waals surface area contributed by atoms with Gasteiger partial charge in [-0.25, -0.2) is 4.79 Å². The van der Waals surface area contributed by atoms with E-state index in [2.05, 4.69) is 12.1 Å². The minimum Gasteiger partial charge on any atom is -0.478 e. The molecule has 1 fully saturated rings. The highest BCUT2D eigenvalue weighted by molar-refractivity contribution is 7.14. The Kier molecular flexibility index (Phi) is 2.59. The summed E-state index contributed by atoms with van der Waals surface area (Å²) < 4.78 is 0. The van der Waals surface area contributed by atoms with E-state index in [1.165, 1.54) is 16.9 Å². The van der Waals surface area contributed by atoms with Crippen molar-refractivity contribution in [2.24, 2.45) is 0 Å². The second-order valence-corrected chi connectivity index (χ2v) is 5.51. The summed E-state index contributed by atoms with van der Waals surface area (Å²) in [5, 5.41) is 11.5. The standard InChI is InChI=1S/C14H13NO2S/c15-13-12(14(16)17)11(7-18-13)10-6-9(10)8-4-2-1-3-5-8/h1-5,7,9-10H,6,15H2,(H,16,17). The molecule has 0 radical (unpaired) electrons. The zero-order chi connectivity index (χ0) is 12.7. The molecule has 3 N–H and O–H groups in total. The minimum absolute atomic E-state index is 0.309. The number of anilines is 1. The smallest absolute Gasteiger partial charge is 0.338 e. The molecule has 2 aromatic rings. The first-order chi connectivity index (χ1) is 8.68. The number of rotatable bonds is 3. The van der Waals surface area contributed by atoms with E-state index in [1.807, 2.05) is 23.6 Å². The number of nitrogens with two attached hydrogens (primary N) is 1. The van der Waals surface area contributed by atoms with Gasteiger partial charge in [0.05, 0.1) is 5.56 Å². The first kappa shape index (κ1) is 11.3. The van der Waals surface area contributed by atoms with E-state index < -0.39 is 5.97 Å². The van der Waals surface area contributed by atoms with Gasteiger partial charge >= 0.3 is 5.97 Å². The van der Waals surface area contributed by atoms with Crippen LogP contribution in [0.15, 0.2) is 35.7 Å². The van der Waals surface area contributed by atoms with E-state index >= 15 is 0 Å². The number of carboxylic acids is 1. The molecular weight excluding hydrogens is 246 g/mol. The van der Waals surface area contributed by atoms with Crippen molar-refractivity contribution in [3.05, 3.63) is 52.4 Å². The summed E-state index contributed by atoms with van der Waals surface area (Å²) >= 11 is 1.32. The van der Waals surface area contributed by atoms with Crippen molar-refractivity contribution < 1.29 is 9.90 Å². The molecule has 0 saturated heterocycles. The Bertz CT molecular complexity index is 591. The molecule has 92 valence electrons. The third-order valence-electron chi connectivity index (χ3n) is 3.48. The molecule has 3 rings (SSSR count). The zero-order valence-corrected chi connectivity index (χ0v) is 10.5. The van der Waals surface area contributed by atoms with Crippen LogP contribution in [0.5, 0.6) is 0 Å². The normalized spacial score (nSPS) is 21.8. The third kappa shape index (κ3) is 1.78.